The maximum absolute atomic E-state index is 12.1. The van der Waals surface area contributed by atoms with Gasteiger partial charge >= 0.3 is 11.9 Å². The Labute approximate surface area is 127 Å². The Hall–Kier alpha value is -1.95. The quantitative estimate of drug-likeness (QED) is 0.369. The standard InChI is InChI=1S/C15H17NO4S/c1-4-19-14(17)12(15(18)20-5-2)13-16(3)10-8-6-7-9-11(10)21-13/h6-9H,4-5H2,1-3H3. The molecule has 0 fully saturated rings. The van der Waals surface area contributed by atoms with Gasteiger partial charge in [0.15, 0.2) is 5.57 Å². The number of rotatable bonds is 4. The van der Waals surface area contributed by atoms with Crippen molar-refractivity contribution in [2.45, 2.75) is 18.7 Å². The Morgan fingerprint density at radius 1 is 1.10 bits per heavy atom. The monoisotopic (exact) mass is 307 g/mol. The molecule has 0 saturated heterocycles. The van der Waals surface area contributed by atoms with E-state index in [0.29, 0.717) is 5.03 Å². The smallest absolute Gasteiger partial charge is 0.348 e. The minimum atomic E-state index is -0.655. The molecular formula is C15H17NO4S. The number of nitrogens with zero attached hydrogens (tertiary/aromatic N) is 1. The average Bonchev–Trinajstić information content (AvgIpc) is 2.78. The molecule has 2 rings (SSSR count). The Bertz CT molecular complexity index is 577. The topological polar surface area (TPSA) is 55.8 Å². The number of hydrogen-bond acceptors (Lipinski definition) is 6. The summed E-state index contributed by atoms with van der Waals surface area (Å²) in [6.45, 7) is 3.81. The van der Waals surface area contributed by atoms with Gasteiger partial charge < -0.3 is 14.4 Å². The molecule has 0 spiro atoms. The first-order valence-electron chi connectivity index (χ1n) is 6.69. The van der Waals surface area contributed by atoms with Crippen molar-refractivity contribution in [3.05, 3.63) is 34.9 Å². The first kappa shape index (κ1) is 15.4. The van der Waals surface area contributed by atoms with Gasteiger partial charge in [-0.3, -0.25) is 0 Å². The van der Waals surface area contributed by atoms with Crippen LogP contribution in [0.15, 0.2) is 39.8 Å². The summed E-state index contributed by atoms with van der Waals surface area (Å²) in [6.07, 6.45) is 0. The maximum Gasteiger partial charge on any atom is 0.348 e. The lowest BCUT2D eigenvalue weighted by molar-refractivity contribution is -0.146. The van der Waals surface area contributed by atoms with Crippen molar-refractivity contribution in [1.29, 1.82) is 0 Å². The van der Waals surface area contributed by atoms with Crippen LogP contribution >= 0.6 is 11.8 Å². The maximum atomic E-state index is 12.1. The molecule has 0 N–H and O–H groups in total. The molecule has 0 unspecified atom stereocenters. The van der Waals surface area contributed by atoms with Crippen LogP contribution in [0.1, 0.15) is 13.8 Å². The molecule has 1 aliphatic rings. The van der Waals surface area contributed by atoms with Crippen LogP contribution in [0.4, 0.5) is 5.69 Å². The molecule has 5 nitrogen and oxygen atoms in total. The van der Waals surface area contributed by atoms with Gasteiger partial charge in [0.1, 0.15) is 5.03 Å². The highest BCUT2D eigenvalue weighted by molar-refractivity contribution is 8.03. The molecule has 0 aliphatic carbocycles. The van der Waals surface area contributed by atoms with Crippen LogP contribution in [0, 0.1) is 0 Å². The zero-order valence-corrected chi connectivity index (χ0v) is 13.0. The van der Waals surface area contributed by atoms with E-state index in [2.05, 4.69) is 0 Å². The van der Waals surface area contributed by atoms with Gasteiger partial charge in [0.25, 0.3) is 0 Å². The fraction of sp³-hybridized carbons (Fsp3) is 0.333. The zero-order chi connectivity index (χ0) is 15.4. The van der Waals surface area contributed by atoms with Crippen molar-refractivity contribution >= 4 is 29.4 Å². The molecule has 0 amide bonds. The lowest BCUT2D eigenvalue weighted by Gasteiger charge is -2.16. The summed E-state index contributed by atoms with van der Waals surface area (Å²) in [5, 5.41) is 0.535. The molecule has 1 aromatic rings. The lowest BCUT2D eigenvalue weighted by Crippen LogP contribution is -2.24. The second-order valence-electron chi connectivity index (χ2n) is 4.25. The normalized spacial score (nSPS) is 12.9. The van der Waals surface area contributed by atoms with Crippen LogP contribution in [-0.2, 0) is 19.1 Å². The number of hydrogen-bond donors (Lipinski definition) is 0. The van der Waals surface area contributed by atoms with Crippen LogP contribution in [0.3, 0.4) is 0 Å². The van der Waals surface area contributed by atoms with Crippen LogP contribution < -0.4 is 4.90 Å². The number of benzene rings is 1. The van der Waals surface area contributed by atoms with Gasteiger partial charge in [-0.15, -0.1) is 0 Å². The number of anilines is 1. The third-order valence-electron chi connectivity index (χ3n) is 2.91. The van der Waals surface area contributed by atoms with Gasteiger partial charge in [-0.25, -0.2) is 9.59 Å². The number of carbonyl (C=O) groups excluding carboxylic acids is 2. The highest BCUT2D eigenvalue weighted by Crippen LogP contribution is 2.46. The largest absolute Gasteiger partial charge is 0.462 e. The number of esters is 2. The van der Waals surface area contributed by atoms with E-state index in [0.717, 1.165) is 10.6 Å². The van der Waals surface area contributed by atoms with Gasteiger partial charge in [0.2, 0.25) is 0 Å². The highest BCUT2D eigenvalue weighted by atomic mass is 32.2. The van der Waals surface area contributed by atoms with E-state index in [1.54, 1.807) is 13.8 Å². The Morgan fingerprint density at radius 2 is 1.67 bits per heavy atom. The zero-order valence-electron chi connectivity index (χ0n) is 12.2. The molecule has 0 bridgehead atoms. The van der Waals surface area contributed by atoms with Crippen LogP contribution in [0.5, 0.6) is 0 Å². The molecule has 1 aliphatic heterocycles. The summed E-state index contributed by atoms with van der Waals surface area (Å²) in [7, 11) is 1.81. The second kappa shape index (κ2) is 6.67. The van der Waals surface area contributed by atoms with Gasteiger partial charge in [0, 0.05) is 11.9 Å². The summed E-state index contributed by atoms with van der Waals surface area (Å²) in [6, 6.07) is 7.70. The fourth-order valence-corrected chi connectivity index (χ4v) is 3.15. The molecule has 0 saturated carbocycles. The van der Waals surface area contributed by atoms with Gasteiger partial charge in [0.05, 0.1) is 18.9 Å². The number of carbonyl (C=O) groups is 2. The lowest BCUT2D eigenvalue weighted by atomic mass is 10.2. The molecule has 0 atom stereocenters. The van der Waals surface area contributed by atoms with E-state index >= 15 is 0 Å². The molecule has 1 aromatic carbocycles. The van der Waals surface area contributed by atoms with Crippen molar-refractivity contribution in [1.82, 2.24) is 0 Å². The Morgan fingerprint density at radius 3 is 2.19 bits per heavy atom. The number of ether oxygens (including phenoxy) is 2. The van der Waals surface area contributed by atoms with Crippen molar-refractivity contribution in [3.63, 3.8) is 0 Å². The number of fused-ring (bicyclic) bond motifs is 1. The van der Waals surface area contributed by atoms with Gasteiger partial charge in [-0.1, -0.05) is 23.9 Å². The molecule has 0 aromatic heterocycles. The number of para-hydroxylation sites is 1. The van der Waals surface area contributed by atoms with E-state index < -0.39 is 11.9 Å². The first-order valence-corrected chi connectivity index (χ1v) is 7.50. The Balaban J connectivity index is 2.45. The van der Waals surface area contributed by atoms with Gasteiger partial charge in [-0.05, 0) is 26.0 Å². The van der Waals surface area contributed by atoms with E-state index in [9.17, 15) is 9.59 Å². The van der Waals surface area contributed by atoms with E-state index in [1.807, 2.05) is 36.2 Å². The molecular weight excluding hydrogens is 290 g/mol. The molecule has 6 heteroatoms. The molecule has 21 heavy (non-hydrogen) atoms. The van der Waals surface area contributed by atoms with E-state index in [1.165, 1.54) is 11.8 Å². The predicted octanol–water partition coefficient (Wildman–Crippen LogP) is 2.57. The predicted molar refractivity (Wildman–Crippen MR) is 81.0 cm³/mol. The first-order chi connectivity index (χ1) is 10.1. The van der Waals surface area contributed by atoms with Crippen LogP contribution in [0.25, 0.3) is 0 Å². The van der Waals surface area contributed by atoms with Crippen molar-refractivity contribution in [2.24, 2.45) is 0 Å². The fourth-order valence-electron chi connectivity index (χ4n) is 1.99. The average molecular weight is 307 g/mol. The van der Waals surface area contributed by atoms with Crippen molar-refractivity contribution in [2.75, 3.05) is 25.2 Å². The minimum absolute atomic E-state index is 0.0533. The summed E-state index contributed by atoms with van der Waals surface area (Å²) < 4.78 is 9.99. The summed E-state index contributed by atoms with van der Waals surface area (Å²) in [4.78, 5) is 27.0. The summed E-state index contributed by atoms with van der Waals surface area (Å²) >= 11 is 1.36. The third kappa shape index (κ3) is 3.05. The third-order valence-corrected chi connectivity index (χ3v) is 4.15. The highest BCUT2D eigenvalue weighted by Gasteiger charge is 2.33. The SMILES string of the molecule is CCOC(=O)C(C(=O)OCC)=C1Sc2ccccc2N1C. The van der Waals surface area contributed by atoms with Crippen LogP contribution in [0.2, 0.25) is 0 Å². The van der Waals surface area contributed by atoms with Gasteiger partial charge in [-0.2, -0.15) is 0 Å². The summed E-state index contributed by atoms with van der Waals surface area (Å²) in [5.41, 5.74) is 0.894. The molecule has 0 radical (unpaired) electrons. The van der Waals surface area contributed by atoms with Crippen molar-refractivity contribution < 1.29 is 19.1 Å². The summed E-state index contributed by atoms with van der Waals surface area (Å²) in [5.74, 6) is -1.31. The number of thioether (sulfide) groups is 1. The Kier molecular flexibility index (Phi) is 4.90. The van der Waals surface area contributed by atoms with E-state index in [-0.39, 0.29) is 18.8 Å². The second-order valence-corrected chi connectivity index (χ2v) is 5.28. The molecule has 1 heterocycles. The van der Waals surface area contributed by atoms with Crippen molar-refractivity contribution in [3.8, 4) is 0 Å². The van der Waals surface area contributed by atoms with Crippen LogP contribution in [-0.4, -0.2) is 32.2 Å². The minimum Gasteiger partial charge on any atom is -0.462 e. The molecule has 112 valence electrons. The van der Waals surface area contributed by atoms with E-state index in [4.69, 9.17) is 9.47 Å².